The molecule has 1 N–H and O–H groups in total. The highest BCUT2D eigenvalue weighted by Gasteiger charge is 2.11. The molecular formula is C18H24N2. The van der Waals surface area contributed by atoms with Gasteiger partial charge in [-0.05, 0) is 44.2 Å². The quantitative estimate of drug-likeness (QED) is 0.642. The molecule has 1 aromatic heterocycles. The third-order valence-corrected chi connectivity index (χ3v) is 3.40. The molecule has 0 aliphatic rings. The summed E-state index contributed by atoms with van der Waals surface area (Å²) >= 11 is 0. The molecule has 2 nitrogen and oxygen atoms in total. The van der Waals surface area contributed by atoms with E-state index in [2.05, 4.69) is 67.0 Å². The van der Waals surface area contributed by atoms with Gasteiger partial charge in [-0.3, -0.25) is 0 Å². The van der Waals surface area contributed by atoms with E-state index in [4.69, 9.17) is 6.42 Å². The topological polar surface area (TPSA) is 17.0 Å². The predicted molar refractivity (Wildman–Crippen MR) is 86.6 cm³/mol. The largest absolute Gasteiger partial charge is 0.347 e. The van der Waals surface area contributed by atoms with Crippen LogP contribution in [-0.4, -0.2) is 10.1 Å². The summed E-state index contributed by atoms with van der Waals surface area (Å²) in [7, 11) is 0. The summed E-state index contributed by atoms with van der Waals surface area (Å²) in [5, 5.41) is 4.87. The van der Waals surface area contributed by atoms with Crippen LogP contribution >= 0.6 is 0 Å². The Morgan fingerprint density at radius 3 is 2.75 bits per heavy atom. The van der Waals surface area contributed by atoms with Crippen molar-refractivity contribution < 1.29 is 0 Å². The van der Waals surface area contributed by atoms with Gasteiger partial charge in [0.05, 0.1) is 5.52 Å². The summed E-state index contributed by atoms with van der Waals surface area (Å²) in [5.74, 6) is 2.71. The number of fused-ring (bicyclic) bond motifs is 1. The van der Waals surface area contributed by atoms with Crippen LogP contribution < -0.4 is 5.32 Å². The van der Waals surface area contributed by atoms with Crippen molar-refractivity contribution in [1.29, 1.82) is 0 Å². The zero-order chi connectivity index (χ0) is 14.6. The van der Waals surface area contributed by atoms with Crippen molar-refractivity contribution in [2.45, 2.75) is 52.2 Å². The first-order valence-electron chi connectivity index (χ1n) is 7.26. The number of aryl methyl sites for hydroxylation is 1. The molecule has 0 aliphatic heterocycles. The second-order valence-corrected chi connectivity index (χ2v) is 6.28. The molecule has 0 aliphatic carbocycles. The van der Waals surface area contributed by atoms with E-state index in [1.54, 1.807) is 0 Å². The van der Waals surface area contributed by atoms with Crippen LogP contribution in [-0.2, 0) is 13.1 Å². The number of hydrogen-bond donors (Lipinski definition) is 1. The van der Waals surface area contributed by atoms with E-state index >= 15 is 0 Å². The number of nitrogens with zero attached hydrogens (tertiary/aromatic N) is 1. The molecule has 0 amide bonds. The summed E-state index contributed by atoms with van der Waals surface area (Å²) < 4.78 is 2.33. The Kier molecular flexibility index (Phi) is 4.52. The van der Waals surface area contributed by atoms with Gasteiger partial charge in [-0.2, -0.15) is 0 Å². The fraction of sp³-hybridized carbons (Fsp3) is 0.444. The van der Waals surface area contributed by atoms with Gasteiger partial charge in [0, 0.05) is 31.2 Å². The van der Waals surface area contributed by atoms with Gasteiger partial charge in [-0.1, -0.05) is 18.2 Å². The second-order valence-electron chi connectivity index (χ2n) is 6.28. The number of para-hydroxylation sites is 1. The van der Waals surface area contributed by atoms with Crippen molar-refractivity contribution in [2.75, 3.05) is 0 Å². The Hall–Kier alpha value is -1.72. The number of unbranched alkanes of at least 4 members (excludes halogenated alkanes) is 1. The van der Waals surface area contributed by atoms with Gasteiger partial charge < -0.3 is 9.88 Å². The zero-order valence-electron chi connectivity index (χ0n) is 12.7. The van der Waals surface area contributed by atoms with E-state index in [9.17, 15) is 0 Å². The summed E-state index contributed by atoms with van der Waals surface area (Å²) in [6.07, 6.45) is 9.37. The Morgan fingerprint density at radius 2 is 2.05 bits per heavy atom. The van der Waals surface area contributed by atoms with Gasteiger partial charge in [-0.25, -0.2) is 0 Å². The minimum atomic E-state index is 0.128. The molecule has 2 rings (SSSR count). The van der Waals surface area contributed by atoms with Gasteiger partial charge in [0.2, 0.25) is 0 Å². The van der Waals surface area contributed by atoms with Crippen molar-refractivity contribution in [3.8, 4) is 12.3 Å². The maximum Gasteiger partial charge on any atom is 0.0525 e. The van der Waals surface area contributed by atoms with Crippen LogP contribution in [0, 0.1) is 12.3 Å². The molecule has 1 aromatic carbocycles. The van der Waals surface area contributed by atoms with Gasteiger partial charge in [-0.15, -0.1) is 12.3 Å². The Labute approximate surface area is 122 Å². The normalized spacial score (nSPS) is 11.7. The average molecular weight is 268 g/mol. The SMILES string of the molecule is C#CCCCn1ccc2cccc(CNC(C)(C)C)c21. The molecule has 20 heavy (non-hydrogen) atoms. The molecule has 2 heteroatoms. The van der Waals surface area contributed by atoms with Crippen molar-refractivity contribution in [3.63, 3.8) is 0 Å². The highest BCUT2D eigenvalue weighted by molar-refractivity contribution is 5.83. The van der Waals surface area contributed by atoms with Crippen LogP contribution in [0.25, 0.3) is 10.9 Å². The summed E-state index contributed by atoms with van der Waals surface area (Å²) in [4.78, 5) is 0. The molecule has 0 radical (unpaired) electrons. The lowest BCUT2D eigenvalue weighted by atomic mass is 10.1. The fourth-order valence-corrected chi connectivity index (χ4v) is 2.38. The van der Waals surface area contributed by atoms with E-state index in [0.717, 1.165) is 25.9 Å². The third-order valence-electron chi connectivity index (χ3n) is 3.40. The molecule has 106 valence electrons. The number of benzene rings is 1. The first-order chi connectivity index (χ1) is 9.51. The lowest BCUT2D eigenvalue weighted by molar-refractivity contribution is 0.424. The highest BCUT2D eigenvalue weighted by Crippen LogP contribution is 2.21. The summed E-state index contributed by atoms with van der Waals surface area (Å²) in [6.45, 7) is 8.46. The second kappa shape index (κ2) is 6.15. The zero-order valence-corrected chi connectivity index (χ0v) is 12.7. The standard InChI is InChI=1S/C18H24N2/c1-5-6-7-12-20-13-11-15-9-8-10-16(17(15)20)14-19-18(2,3)4/h1,8-11,13,19H,6-7,12,14H2,2-4H3. The number of rotatable bonds is 5. The maximum atomic E-state index is 5.34. The fourth-order valence-electron chi connectivity index (χ4n) is 2.38. The van der Waals surface area contributed by atoms with Crippen LogP contribution in [0.4, 0.5) is 0 Å². The lowest BCUT2D eigenvalue weighted by Crippen LogP contribution is -2.35. The van der Waals surface area contributed by atoms with Gasteiger partial charge in [0.25, 0.3) is 0 Å². The van der Waals surface area contributed by atoms with Crippen molar-refractivity contribution in [3.05, 3.63) is 36.0 Å². The molecule has 0 atom stereocenters. The van der Waals surface area contributed by atoms with E-state index in [1.165, 1.54) is 16.5 Å². The molecule has 0 spiro atoms. The third kappa shape index (κ3) is 3.65. The van der Waals surface area contributed by atoms with Crippen molar-refractivity contribution in [2.24, 2.45) is 0 Å². The molecule has 0 saturated carbocycles. The average Bonchev–Trinajstić information content (AvgIpc) is 2.80. The minimum absolute atomic E-state index is 0.128. The molecule has 0 bridgehead atoms. The van der Waals surface area contributed by atoms with E-state index < -0.39 is 0 Å². The van der Waals surface area contributed by atoms with Crippen molar-refractivity contribution in [1.82, 2.24) is 9.88 Å². The molecule has 2 aromatic rings. The number of hydrogen-bond acceptors (Lipinski definition) is 1. The van der Waals surface area contributed by atoms with E-state index in [1.807, 2.05) is 0 Å². The molecule has 0 unspecified atom stereocenters. The highest BCUT2D eigenvalue weighted by atomic mass is 15.0. The minimum Gasteiger partial charge on any atom is -0.347 e. The first kappa shape index (κ1) is 14.7. The van der Waals surface area contributed by atoms with Crippen LogP contribution in [0.15, 0.2) is 30.5 Å². The number of aromatic nitrogens is 1. The number of terminal acetylenes is 1. The van der Waals surface area contributed by atoms with Gasteiger partial charge in [0.1, 0.15) is 0 Å². The smallest absolute Gasteiger partial charge is 0.0525 e. The summed E-state index contributed by atoms with van der Waals surface area (Å²) in [5.41, 5.74) is 2.81. The monoisotopic (exact) mass is 268 g/mol. The maximum absolute atomic E-state index is 5.34. The lowest BCUT2D eigenvalue weighted by Gasteiger charge is -2.21. The first-order valence-corrected chi connectivity index (χ1v) is 7.26. The molecule has 1 heterocycles. The Bertz CT molecular complexity index is 608. The van der Waals surface area contributed by atoms with E-state index in [-0.39, 0.29) is 5.54 Å². The molecular weight excluding hydrogens is 244 g/mol. The van der Waals surface area contributed by atoms with Crippen LogP contribution in [0.3, 0.4) is 0 Å². The van der Waals surface area contributed by atoms with Crippen LogP contribution in [0.1, 0.15) is 39.2 Å². The predicted octanol–water partition coefficient (Wildman–Crippen LogP) is 3.94. The summed E-state index contributed by atoms with van der Waals surface area (Å²) in [6, 6.07) is 8.70. The molecule has 0 fully saturated rings. The van der Waals surface area contributed by atoms with E-state index in [0.29, 0.717) is 0 Å². The molecule has 0 saturated heterocycles. The Balaban J connectivity index is 2.25. The van der Waals surface area contributed by atoms with Gasteiger partial charge >= 0.3 is 0 Å². The van der Waals surface area contributed by atoms with Crippen molar-refractivity contribution >= 4 is 10.9 Å². The number of nitrogens with one attached hydrogen (secondary N) is 1. The van der Waals surface area contributed by atoms with Crippen LogP contribution in [0.5, 0.6) is 0 Å². The Morgan fingerprint density at radius 1 is 1.25 bits per heavy atom. The van der Waals surface area contributed by atoms with Crippen LogP contribution in [0.2, 0.25) is 0 Å². The van der Waals surface area contributed by atoms with Gasteiger partial charge in [0.15, 0.2) is 0 Å².